The van der Waals surface area contributed by atoms with Gasteiger partial charge in [-0.25, -0.2) is 13.8 Å². The van der Waals surface area contributed by atoms with Gasteiger partial charge in [0.25, 0.3) is 0 Å². The van der Waals surface area contributed by atoms with E-state index in [1.165, 1.54) is 12.1 Å². The van der Waals surface area contributed by atoms with Crippen LogP contribution in [0.2, 0.25) is 0 Å². The number of nitrogens with zero attached hydrogens (tertiary/aromatic N) is 2. The lowest BCUT2D eigenvalue weighted by molar-refractivity contribution is -0.121. The fourth-order valence-electron chi connectivity index (χ4n) is 5.06. The molecule has 2 aromatic carbocycles. The van der Waals surface area contributed by atoms with Gasteiger partial charge in [0.2, 0.25) is 5.91 Å². The van der Waals surface area contributed by atoms with Crippen LogP contribution in [0.5, 0.6) is 0 Å². The van der Waals surface area contributed by atoms with Gasteiger partial charge in [-0.1, -0.05) is 17.7 Å². The Morgan fingerprint density at radius 3 is 2.69 bits per heavy atom. The Kier molecular flexibility index (Phi) is 6.36. The number of aryl methyl sites for hydroxylation is 1. The normalized spacial score (nSPS) is 12.2. The van der Waals surface area contributed by atoms with Crippen LogP contribution in [0.4, 0.5) is 8.78 Å². The summed E-state index contributed by atoms with van der Waals surface area (Å²) in [7, 11) is 0. The number of nitrogens with one attached hydrogen (secondary N) is 3. The van der Waals surface area contributed by atoms with Crippen molar-refractivity contribution in [2.45, 2.75) is 25.8 Å². The molecule has 0 fully saturated rings. The van der Waals surface area contributed by atoms with Crippen LogP contribution in [0.3, 0.4) is 0 Å². The van der Waals surface area contributed by atoms with Crippen LogP contribution in [0, 0.1) is 18.6 Å². The monoisotopic (exact) mass is 521 g/mol. The smallest absolute Gasteiger partial charge is 0.225 e. The number of aromatic nitrogens is 4. The first-order valence-corrected chi connectivity index (χ1v) is 12.6. The van der Waals surface area contributed by atoms with Crippen LogP contribution >= 0.6 is 0 Å². The Hall–Kier alpha value is -4.85. The van der Waals surface area contributed by atoms with E-state index in [1.54, 1.807) is 12.4 Å². The first kappa shape index (κ1) is 24.5. The summed E-state index contributed by atoms with van der Waals surface area (Å²) in [4.78, 5) is 28.8. The van der Waals surface area contributed by atoms with Gasteiger partial charge in [-0.15, -0.1) is 0 Å². The summed E-state index contributed by atoms with van der Waals surface area (Å²) in [5.74, 6) is -1.57. The Labute approximate surface area is 223 Å². The quantitative estimate of drug-likeness (QED) is 0.229. The molecule has 6 aromatic rings. The van der Waals surface area contributed by atoms with E-state index in [0.717, 1.165) is 50.3 Å². The number of pyridine rings is 2. The van der Waals surface area contributed by atoms with Crippen molar-refractivity contribution in [1.29, 1.82) is 0 Å². The van der Waals surface area contributed by atoms with Gasteiger partial charge in [-0.3, -0.25) is 9.78 Å². The second-order valence-electron chi connectivity index (χ2n) is 9.72. The lowest BCUT2D eigenvalue weighted by atomic mass is 9.95. The largest absolute Gasteiger partial charge is 0.361 e. The molecule has 0 spiro atoms. The molecule has 6 rings (SSSR count). The topological polar surface area (TPSA) is 86.5 Å². The van der Waals surface area contributed by atoms with E-state index in [9.17, 15) is 13.6 Å². The third kappa shape index (κ3) is 5.13. The van der Waals surface area contributed by atoms with Crippen molar-refractivity contribution >= 4 is 27.8 Å². The highest BCUT2D eigenvalue weighted by molar-refractivity contribution is 5.89. The van der Waals surface area contributed by atoms with Crippen molar-refractivity contribution in [3.05, 3.63) is 119 Å². The number of hydrogen-bond donors (Lipinski definition) is 3. The second kappa shape index (κ2) is 10.1. The van der Waals surface area contributed by atoms with Crippen molar-refractivity contribution in [2.75, 3.05) is 0 Å². The maximum absolute atomic E-state index is 14.1. The highest BCUT2D eigenvalue weighted by atomic mass is 19.1. The lowest BCUT2D eigenvalue weighted by Crippen LogP contribution is -2.32. The fourth-order valence-corrected chi connectivity index (χ4v) is 5.06. The number of halogens is 2. The molecule has 0 aliphatic rings. The van der Waals surface area contributed by atoms with Gasteiger partial charge in [-0.05, 0) is 66.9 Å². The highest BCUT2D eigenvalue weighted by Gasteiger charge is 2.22. The van der Waals surface area contributed by atoms with E-state index in [-0.39, 0.29) is 18.7 Å². The Balaban J connectivity index is 1.37. The molecule has 3 N–H and O–H groups in total. The van der Waals surface area contributed by atoms with Gasteiger partial charge in [0.1, 0.15) is 17.3 Å². The minimum atomic E-state index is -0.674. The molecule has 6 nitrogen and oxygen atoms in total. The average molecular weight is 522 g/mol. The molecule has 8 heteroatoms. The van der Waals surface area contributed by atoms with Crippen molar-refractivity contribution in [1.82, 2.24) is 25.3 Å². The second-order valence-corrected chi connectivity index (χ2v) is 9.72. The number of fused-ring (bicyclic) bond motifs is 2. The highest BCUT2D eigenvalue weighted by Crippen LogP contribution is 2.30. The Morgan fingerprint density at radius 2 is 1.85 bits per heavy atom. The summed E-state index contributed by atoms with van der Waals surface area (Å²) in [6, 6.07) is 16.4. The Morgan fingerprint density at radius 1 is 1.00 bits per heavy atom. The minimum absolute atomic E-state index is 0.135. The molecule has 194 valence electrons. The van der Waals surface area contributed by atoms with E-state index in [0.29, 0.717) is 11.3 Å². The predicted molar refractivity (Wildman–Crippen MR) is 147 cm³/mol. The number of aromatic amines is 2. The molecule has 1 amide bonds. The number of H-pyrrole nitrogens is 2. The summed E-state index contributed by atoms with van der Waals surface area (Å²) in [6.45, 7) is 2.01. The minimum Gasteiger partial charge on any atom is -0.361 e. The zero-order valence-corrected chi connectivity index (χ0v) is 21.1. The van der Waals surface area contributed by atoms with Gasteiger partial charge in [-0.2, -0.15) is 0 Å². The van der Waals surface area contributed by atoms with E-state index in [2.05, 4.69) is 25.3 Å². The molecule has 0 aliphatic carbocycles. The molecule has 1 unspecified atom stereocenters. The SMILES string of the molecule is Cc1ccc2[nH]cc(CC(=O)NC(Cc3cc(F)cc(F)c3)c3ncccc3-c3cnc4[nH]ccc4c3)c2c1. The molecule has 39 heavy (non-hydrogen) atoms. The molecule has 4 heterocycles. The molecular formula is C31H25F2N5O. The molecule has 0 aliphatic heterocycles. The molecule has 1 atom stereocenters. The number of amides is 1. The molecule has 0 saturated heterocycles. The third-order valence-electron chi connectivity index (χ3n) is 6.85. The number of hydrogen-bond acceptors (Lipinski definition) is 3. The number of carbonyl (C=O) groups is 1. The standard InChI is InChI=1S/C31H25F2N5O/c1-18-4-5-27-26(9-18)22(16-36-27)14-29(39)38-28(12-19-10-23(32)15-24(33)11-19)30-25(3-2-7-34-30)21-13-20-6-8-35-31(20)37-17-21/h2-11,13,15-17,28,36H,12,14H2,1H3,(H,35,37)(H,38,39). The zero-order valence-electron chi connectivity index (χ0n) is 21.1. The summed E-state index contributed by atoms with van der Waals surface area (Å²) in [6.07, 6.45) is 7.33. The summed E-state index contributed by atoms with van der Waals surface area (Å²) < 4.78 is 28.2. The third-order valence-corrected chi connectivity index (χ3v) is 6.85. The van der Waals surface area contributed by atoms with Gasteiger partial charge in [0.15, 0.2) is 0 Å². The van der Waals surface area contributed by atoms with E-state index in [1.807, 2.05) is 61.8 Å². The number of rotatable bonds is 7. The van der Waals surface area contributed by atoms with Crippen LogP contribution in [-0.4, -0.2) is 25.8 Å². The van der Waals surface area contributed by atoms with Crippen molar-refractivity contribution in [2.24, 2.45) is 0 Å². The summed E-state index contributed by atoms with van der Waals surface area (Å²) in [5, 5.41) is 5.01. The van der Waals surface area contributed by atoms with Crippen LogP contribution in [0.1, 0.15) is 28.4 Å². The Bertz CT molecular complexity index is 1800. The average Bonchev–Trinajstić information content (AvgIpc) is 3.54. The van der Waals surface area contributed by atoms with E-state index < -0.39 is 17.7 Å². The maximum Gasteiger partial charge on any atom is 0.225 e. The summed E-state index contributed by atoms with van der Waals surface area (Å²) >= 11 is 0. The molecule has 0 radical (unpaired) electrons. The first-order chi connectivity index (χ1) is 18.9. The van der Waals surface area contributed by atoms with Gasteiger partial charge >= 0.3 is 0 Å². The van der Waals surface area contributed by atoms with Gasteiger partial charge < -0.3 is 15.3 Å². The van der Waals surface area contributed by atoms with Crippen molar-refractivity contribution in [3.8, 4) is 11.1 Å². The first-order valence-electron chi connectivity index (χ1n) is 12.6. The predicted octanol–water partition coefficient (Wildman–Crippen LogP) is 6.34. The van der Waals surface area contributed by atoms with Crippen LogP contribution in [0.15, 0.2) is 85.5 Å². The number of benzene rings is 2. The number of carbonyl (C=O) groups excluding carboxylic acids is 1. The van der Waals surface area contributed by atoms with Crippen molar-refractivity contribution < 1.29 is 13.6 Å². The molecule has 0 bridgehead atoms. The lowest BCUT2D eigenvalue weighted by Gasteiger charge is -2.21. The molecular weight excluding hydrogens is 496 g/mol. The van der Waals surface area contributed by atoms with E-state index >= 15 is 0 Å². The maximum atomic E-state index is 14.1. The van der Waals surface area contributed by atoms with Crippen LogP contribution < -0.4 is 5.32 Å². The molecule has 0 saturated carbocycles. The van der Waals surface area contributed by atoms with Crippen molar-refractivity contribution in [3.63, 3.8) is 0 Å². The van der Waals surface area contributed by atoms with Gasteiger partial charge in [0.05, 0.1) is 18.2 Å². The molecule has 4 aromatic heterocycles. The fraction of sp³-hybridized carbons (Fsp3) is 0.129. The van der Waals surface area contributed by atoms with Crippen LogP contribution in [0.25, 0.3) is 33.1 Å². The summed E-state index contributed by atoms with van der Waals surface area (Å²) in [5.41, 5.74) is 6.28. The van der Waals surface area contributed by atoms with E-state index in [4.69, 9.17) is 0 Å². The van der Waals surface area contributed by atoms with Gasteiger partial charge in [0, 0.05) is 58.3 Å². The zero-order chi connectivity index (χ0) is 26.9. The van der Waals surface area contributed by atoms with Crippen LogP contribution in [-0.2, 0) is 17.6 Å².